The number of hydrogen-bond acceptors (Lipinski definition) is 5. The molecular weight excluding hydrogens is 394 g/mol. The highest BCUT2D eigenvalue weighted by molar-refractivity contribution is 5.80. The summed E-state index contributed by atoms with van der Waals surface area (Å²) in [7, 11) is 1.57. The summed E-state index contributed by atoms with van der Waals surface area (Å²) in [4.78, 5) is 29.5. The zero-order valence-corrected chi connectivity index (χ0v) is 16.3. The van der Waals surface area contributed by atoms with Gasteiger partial charge >= 0.3 is 5.97 Å². The van der Waals surface area contributed by atoms with Crippen molar-refractivity contribution in [3.63, 3.8) is 0 Å². The average molecular weight is 414 g/mol. The van der Waals surface area contributed by atoms with Crippen molar-refractivity contribution in [2.45, 2.75) is 19.4 Å². The molecule has 0 aliphatic rings. The lowest BCUT2D eigenvalue weighted by Crippen LogP contribution is -2.30. The van der Waals surface area contributed by atoms with E-state index in [1.807, 2.05) is 0 Å². The number of nitrogens with zero attached hydrogens (tertiary/aromatic N) is 2. The summed E-state index contributed by atoms with van der Waals surface area (Å²) in [5.41, 5.74) is 1.44. The van der Waals surface area contributed by atoms with Crippen molar-refractivity contribution >= 4 is 11.9 Å². The third-order valence-corrected chi connectivity index (χ3v) is 4.34. The van der Waals surface area contributed by atoms with Gasteiger partial charge < -0.3 is 14.1 Å². The molecule has 0 aliphatic carbocycles. The van der Waals surface area contributed by atoms with Crippen molar-refractivity contribution in [1.82, 2.24) is 9.88 Å². The zero-order valence-electron chi connectivity index (χ0n) is 16.3. The van der Waals surface area contributed by atoms with Gasteiger partial charge in [-0.15, -0.1) is 0 Å². The van der Waals surface area contributed by atoms with E-state index in [0.29, 0.717) is 17.2 Å². The number of amides is 1. The van der Waals surface area contributed by atoms with Crippen LogP contribution in [0.4, 0.5) is 8.78 Å². The lowest BCUT2D eigenvalue weighted by Gasteiger charge is -2.17. The largest absolute Gasteiger partial charge is 0.456 e. The first-order chi connectivity index (χ1) is 14.4. The van der Waals surface area contributed by atoms with E-state index in [9.17, 15) is 18.4 Å². The Balaban J connectivity index is 1.42. The molecule has 0 atom stereocenters. The molecule has 2 aromatic carbocycles. The van der Waals surface area contributed by atoms with Gasteiger partial charge in [-0.3, -0.25) is 9.59 Å². The molecule has 30 heavy (non-hydrogen) atoms. The van der Waals surface area contributed by atoms with Crippen molar-refractivity contribution < 1.29 is 27.5 Å². The molecule has 1 amide bonds. The van der Waals surface area contributed by atoms with E-state index in [0.717, 1.165) is 5.56 Å². The predicted molar refractivity (Wildman–Crippen MR) is 104 cm³/mol. The van der Waals surface area contributed by atoms with Gasteiger partial charge in [0.25, 0.3) is 5.91 Å². The molecule has 0 bridgehead atoms. The van der Waals surface area contributed by atoms with Crippen LogP contribution in [0.1, 0.15) is 17.9 Å². The maximum atomic E-state index is 13.0. The molecule has 6 nitrogen and oxygen atoms in total. The van der Waals surface area contributed by atoms with Crippen LogP contribution in [0.25, 0.3) is 11.3 Å². The standard InChI is InChI=1S/C22H20F2N2O4/c1-26(13-15-2-6-17(23)7-3-15)21(27)14-29-22(28)11-10-20-25-12-19(30-20)16-4-8-18(24)9-5-16/h2-9,12H,10-11,13-14H2,1H3. The molecule has 0 aliphatic heterocycles. The highest BCUT2D eigenvalue weighted by atomic mass is 19.1. The van der Waals surface area contributed by atoms with Gasteiger partial charge in [-0.05, 0) is 42.0 Å². The Morgan fingerprint density at radius 1 is 1.03 bits per heavy atom. The molecule has 1 heterocycles. The van der Waals surface area contributed by atoms with E-state index in [1.165, 1.54) is 35.4 Å². The second-order valence-electron chi connectivity index (χ2n) is 6.66. The maximum absolute atomic E-state index is 13.0. The summed E-state index contributed by atoms with van der Waals surface area (Å²) >= 11 is 0. The van der Waals surface area contributed by atoms with Gasteiger partial charge in [-0.25, -0.2) is 13.8 Å². The van der Waals surface area contributed by atoms with E-state index >= 15 is 0 Å². The SMILES string of the molecule is CN(Cc1ccc(F)cc1)C(=O)COC(=O)CCc1ncc(-c2ccc(F)cc2)o1. The number of aromatic nitrogens is 1. The summed E-state index contributed by atoms with van der Waals surface area (Å²) in [5.74, 6) is -0.818. The number of rotatable bonds is 8. The molecule has 0 saturated carbocycles. The minimum absolute atomic E-state index is 0.00166. The van der Waals surface area contributed by atoms with Crippen LogP contribution < -0.4 is 0 Å². The van der Waals surface area contributed by atoms with Crippen molar-refractivity contribution in [3.05, 3.63) is 77.8 Å². The summed E-state index contributed by atoms with van der Waals surface area (Å²) in [6.07, 6.45) is 1.71. The first kappa shape index (κ1) is 21.2. The van der Waals surface area contributed by atoms with E-state index in [1.54, 1.807) is 31.3 Å². The number of aryl methyl sites for hydroxylation is 1. The quantitative estimate of drug-likeness (QED) is 0.525. The number of esters is 1. The number of carbonyl (C=O) groups excluding carboxylic acids is 2. The second kappa shape index (κ2) is 9.78. The number of hydrogen-bond donors (Lipinski definition) is 0. The van der Waals surface area contributed by atoms with Crippen LogP contribution in [0.15, 0.2) is 59.1 Å². The summed E-state index contributed by atoms with van der Waals surface area (Å²) in [5, 5.41) is 0. The Bertz CT molecular complexity index is 1000. The van der Waals surface area contributed by atoms with E-state index in [2.05, 4.69) is 4.98 Å². The molecular formula is C22H20F2N2O4. The Labute approximate surface area is 172 Å². The van der Waals surface area contributed by atoms with Gasteiger partial charge in [-0.2, -0.15) is 0 Å². The van der Waals surface area contributed by atoms with Crippen LogP contribution in [0, 0.1) is 11.6 Å². The fraction of sp³-hybridized carbons (Fsp3) is 0.227. The Kier molecular flexibility index (Phi) is 6.90. The van der Waals surface area contributed by atoms with Crippen LogP contribution in [0.3, 0.4) is 0 Å². The fourth-order valence-corrected chi connectivity index (χ4v) is 2.66. The van der Waals surface area contributed by atoms with Crippen LogP contribution in [-0.4, -0.2) is 35.4 Å². The molecule has 8 heteroatoms. The first-order valence-electron chi connectivity index (χ1n) is 9.25. The van der Waals surface area contributed by atoms with Gasteiger partial charge in [0.1, 0.15) is 11.6 Å². The van der Waals surface area contributed by atoms with Gasteiger partial charge in [0.15, 0.2) is 18.3 Å². The average Bonchev–Trinajstić information content (AvgIpc) is 3.21. The number of ether oxygens (including phenoxy) is 1. The fourth-order valence-electron chi connectivity index (χ4n) is 2.66. The van der Waals surface area contributed by atoms with Crippen molar-refractivity contribution in [1.29, 1.82) is 0 Å². The van der Waals surface area contributed by atoms with Crippen LogP contribution in [0.2, 0.25) is 0 Å². The third-order valence-electron chi connectivity index (χ3n) is 4.34. The Morgan fingerprint density at radius 2 is 1.67 bits per heavy atom. The number of carbonyl (C=O) groups is 2. The summed E-state index contributed by atoms with van der Waals surface area (Å²) in [6, 6.07) is 11.6. The second-order valence-corrected chi connectivity index (χ2v) is 6.66. The lowest BCUT2D eigenvalue weighted by atomic mass is 10.2. The number of oxazole rings is 1. The highest BCUT2D eigenvalue weighted by Gasteiger charge is 2.14. The molecule has 3 rings (SSSR count). The monoisotopic (exact) mass is 414 g/mol. The van der Waals surface area contributed by atoms with Crippen molar-refractivity contribution in [2.24, 2.45) is 0 Å². The molecule has 0 unspecified atom stereocenters. The van der Waals surface area contributed by atoms with Crippen LogP contribution in [0.5, 0.6) is 0 Å². The first-order valence-corrected chi connectivity index (χ1v) is 9.25. The number of likely N-dealkylation sites (N-methyl/N-ethyl adjacent to an activating group) is 1. The minimum Gasteiger partial charge on any atom is -0.456 e. The predicted octanol–water partition coefficient (Wildman–Crippen LogP) is 3.75. The summed E-state index contributed by atoms with van der Waals surface area (Å²) in [6.45, 7) is -0.109. The lowest BCUT2D eigenvalue weighted by molar-refractivity contribution is -0.151. The minimum atomic E-state index is -0.555. The molecule has 0 radical (unpaired) electrons. The molecule has 3 aromatic rings. The van der Waals surface area contributed by atoms with Gasteiger partial charge in [0, 0.05) is 25.6 Å². The number of halogens is 2. The van der Waals surface area contributed by atoms with Crippen LogP contribution in [-0.2, 0) is 27.3 Å². The molecule has 0 saturated heterocycles. The molecule has 0 fully saturated rings. The van der Waals surface area contributed by atoms with E-state index in [4.69, 9.17) is 9.15 Å². The van der Waals surface area contributed by atoms with Crippen LogP contribution >= 0.6 is 0 Å². The summed E-state index contributed by atoms with van der Waals surface area (Å²) < 4.78 is 36.5. The number of benzene rings is 2. The molecule has 1 aromatic heterocycles. The van der Waals surface area contributed by atoms with Crippen molar-refractivity contribution in [3.8, 4) is 11.3 Å². The van der Waals surface area contributed by atoms with E-state index < -0.39 is 5.97 Å². The molecule has 156 valence electrons. The van der Waals surface area contributed by atoms with Gasteiger partial charge in [0.2, 0.25) is 0 Å². The molecule has 0 N–H and O–H groups in total. The smallest absolute Gasteiger partial charge is 0.306 e. The third kappa shape index (κ3) is 5.97. The topological polar surface area (TPSA) is 72.6 Å². The van der Waals surface area contributed by atoms with Gasteiger partial charge in [-0.1, -0.05) is 12.1 Å². The highest BCUT2D eigenvalue weighted by Crippen LogP contribution is 2.21. The van der Waals surface area contributed by atoms with Crippen molar-refractivity contribution in [2.75, 3.05) is 13.7 Å². The van der Waals surface area contributed by atoms with E-state index in [-0.39, 0.29) is 43.5 Å². The maximum Gasteiger partial charge on any atom is 0.306 e. The Hall–Kier alpha value is -3.55. The van der Waals surface area contributed by atoms with Gasteiger partial charge in [0.05, 0.1) is 12.6 Å². The zero-order chi connectivity index (χ0) is 21.5. The molecule has 0 spiro atoms. The normalized spacial score (nSPS) is 10.6. The Morgan fingerprint density at radius 3 is 2.33 bits per heavy atom.